The Kier molecular flexibility index (Phi) is 4.74. The number of para-hydroxylation sites is 1. The van der Waals surface area contributed by atoms with E-state index in [9.17, 15) is 9.18 Å². The van der Waals surface area contributed by atoms with Crippen LogP contribution < -0.4 is 4.90 Å². The van der Waals surface area contributed by atoms with Crippen molar-refractivity contribution in [2.45, 2.75) is 25.0 Å². The number of anilines is 1. The predicted octanol–water partition coefficient (Wildman–Crippen LogP) is 3.22. The molecule has 0 saturated carbocycles. The van der Waals surface area contributed by atoms with E-state index in [0.29, 0.717) is 6.54 Å². The number of carbonyl (C=O) groups excluding carboxylic acids is 1. The fourth-order valence-electron chi connectivity index (χ4n) is 3.87. The van der Waals surface area contributed by atoms with Gasteiger partial charge in [-0.05, 0) is 42.7 Å². The first-order valence-corrected chi connectivity index (χ1v) is 9.10. The Balaban J connectivity index is 1.40. The second kappa shape index (κ2) is 7.17. The van der Waals surface area contributed by atoms with Crippen LogP contribution in [0.2, 0.25) is 0 Å². The van der Waals surface area contributed by atoms with Gasteiger partial charge in [-0.3, -0.25) is 9.69 Å². The van der Waals surface area contributed by atoms with Crippen LogP contribution in [0, 0.1) is 5.82 Å². The number of benzene rings is 2. The molecule has 1 spiro atoms. The molecule has 0 radical (unpaired) electrons. The quantitative estimate of drug-likeness (QED) is 0.848. The van der Waals surface area contributed by atoms with Gasteiger partial charge in [0.25, 0.3) is 5.91 Å². The highest BCUT2D eigenvalue weighted by Crippen LogP contribution is 2.33. The summed E-state index contributed by atoms with van der Waals surface area (Å²) in [5.41, 5.74) is 1.65. The smallest absolute Gasteiger partial charge is 0.253 e. The third-order valence-electron chi connectivity index (χ3n) is 5.38. The molecule has 26 heavy (non-hydrogen) atoms. The van der Waals surface area contributed by atoms with Gasteiger partial charge >= 0.3 is 0 Å². The second-order valence-electron chi connectivity index (χ2n) is 7.19. The van der Waals surface area contributed by atoms with Crippen molar-refractivity contribution in [3.8, 4) is 0 Å². The topological polar surface area (TPSA) is 32.8 Å². The van der Waals surface area contributed by atoms with Gasteiger partial charge in [0, 0.05) is 25.3 Å². The molecule has 2 fully saturated rings. The number of likely N-dealkylation sites (tertiary alicyclic amines) is 1. The van der Waals surface area contributed by atoms with Gasteiger partial charge in [-0.1, -0.05) is 30.3 Å². The lowest BCUT2D eigenvalue weighted by atomic mass is 9.88. The van der Waals surface area contributed by atoms with E-state index < -0.39 is 0 Å². The molecule has 2 aliphatic heterocycles. The minimum Gasteiger partial charge on any atom is -0.363 e. The molecule has 4 nitrogen and oxygen atoms in total. The summed E-state index contributed by atoms with van der Waals surface area (Å²) in [5.74, 6) is -0.173. The van der Waals surface area contributed by atoms with Crippen LogP contribution in [0.5, 0.6) is 0 Å². The Hall–Kier alpha value is -2.24. The Bertz CT molecular complexity index is 773. The molecule has 2 heterocycles. The lowest BCUT2D eigenvalue weighted by Gasteiger charge is -2.47. The zero-order valence-electron chi connectivity index (χ0n) is 14.7. The first-order valence-electron chi connectivity index (χ1n) is 9.10. The normalized spacial score (nSPS) is 20.5. The van der Waals surface area contributed by atoms with Crippen molar-refractivity contribution in [2.75, 3.05) is 31.1 Å². The molecule has 2 aromatic rings. The molecule has 2 aliphatic rings. The molecule has 4 rings (SSSR count). The van der Waals surface area contributed by atoms with Crippen LogP contribution in [0.4, 0.5) is 10.1 Å². The molecule has 5 heteroatoms. The molecule has 0 aromatic heterocycles. The molecule has 2 saturated heterocycles. The maximum atomic E-state index is 13.4. The third kappa shape index (κ3) is 3.64. The monoisotopic (exact) mass is 354 g/mol. The zero-order chi connectivity index (χ0) is 18.0. The lowest BCUT2D eigenvalue weighted by molar-refractivity contribution is -0.144. The fourth-order valence-corrected chi connectivity index (χ4v) is 3.87. The highest BCUT2D eigenvalue weighted by atomic mass is 19.1. The number of hydrogen-bond donors (Lipinski definition) is 0. The van der Waals surface area contributed by atoms with Gasteiger partial charge in [-0.2, -0.15) is 0 Å². The number of morpholine rings is 1. The predicted molar refractivity (Wildman–Crippen MR) is 98.4 cm³/mol. The number of halogens is 1. The van der Waals surface area contributed by atoms with E-state index in [1.165, 1.54) is 6.07 Å². The zero-order valence-corrected chi connectivity index (χ0v) is 14.7. The maximum absolute atomic E-state index is 13.4. The van der Waals surface area contributed by atoms with E-state index in [1.807, 2.05) is 41.3 Å². The Labute approximate surface area is 153 Å². The minimum absolute atomic E-state index is 0.0176. The first kappa shape index (κ1) is 17.2. The summed E-state index contributed by atoms with van der Waals surface area (Å²) < 4.78 is 19.4. The Morgan fingerprint density at radius 2 is 1.81 bits per heavy atom. The fraction of sp³-hybridized carbons (Fsp3) is 0.381. The third-order valence-corrected chi connectivity index (χ3v) is 5.38. The standard InChI is InChI=1S/C21H23FN2O2/c22-18-6-4-5-17(13-18)14-23-11-9-21(10-12-23)16-24(20(25)15-26-21)19-7-2-1-3-8-19/h1-8,13H,9-12,14-16H2. The molecular formula is C21H23FN2O2. The van der Waals surface area contributed by atoms with Crippen molar-refractivity contribution in [1.29, 1.82) is 0 Å². The van der Waals surface area contributed by atoms with Crippen molar-refractivity contribution in [1.82, 2.24) is 4.90 Å². The summed E-state index contributed by atoms with van der Waals surface area (Å²) >= 11 is 0. The molecule has 2 aromatic carbocycles. The lowest BCUT2D eigenvalue weighted by Crippen LogP contribution is -2.58. The number of carbonyl (C=O) groups is 1. The Morgan fingerprint density at radius 3 is 2.54 bits per heavy atom. The van der Waals surface area contributed by atoms with Crippen LogP contribution in [-0.4, -0.2) is 42.6 Å². The number of ether oxygens (including phenoxy) is 1. The number of rotatable bonds is 3. The van der Waals surface area contributed by atoms with Crippen molar-refractivity contribution >= 4 is 11.6 Å². The largest absolute Gasteiger partial charge is 0.363 e. The number of piperidine rings is 1. The number of amides is 1. The van der Waals surface area contributed by atoms with Crippen LogP contribution in [-0.2, 0) is 16.1 Å². The maximum Gasteiger partial charge on any atom is 0.253 e. The number of hydrogen-bond acceptors (Lipinski definition) is 3. The van der Waals surface area contributed by atoms with Gasteiger partial charge < -0.3 is 9.64 Å². The van der Waals surface area contributed by atoms with Crippen LogP contribution >= 0.6 is 0 Å². The summed E-state index contributed by atoms with van der Waals surface area (Å²) in [6.07, 6.45) is 1.75. The molecular weight excluding hydrogens is 331 g/mol. The van der Waals surface area contributed by atoms with E-state index in [1.54, 1.807) is 12.1 Å². The van der Waals surface area contributed by atoms with Crippen LogP contribution in [0.3, 0.4) is 0 Å². The van der Waals surface area contributed by atoms with Crippen molar-refractivity contribution in [3.05, 3.63) is 66.0 Å². The van der Waals surface area contributed by atoms with Gasteiger partial charge in [-0.25, -0.2) is 4.39 Å². The highest BCUT2D eigenvalue weighted by Gasteiger charge is 2.42. The highest BCUT2D eigenvalue weighted by molar-refractivity contribution is 5.95. The van der Waals surface area contributed by atoms with Crippen molar-refractivity contribution < 1.29 is 13.9 Å². The van der Waals surface area contributed by atoms with E-state index in [2.05, 4.69) is 4.90 Å². The van der Waals surface area contributed by atoms with Crippen LogP contribution in [0.1, 0.15) is 18.4 Å². The summed E-state index contributed by atoms with van der Waals surface area (Å²) in [5, 5.41) is 0. The van der Waals surface area contributed by atoms with E-state index in [0.717, 1.165) is 43.7 Å². The molecule has 0 unspecified atom stereocenters. The van der Waals surface area contributed by atoms with Crippen molar-refractivity contribution in [2.24, 2.45) is 0 Å². The van der Waals surface area contributed by atoms with Gasteiger partial charge in [0.05, 0.1) is 12.1 Å². The molecule has 0 N–H and O–H groups in total. The number of nitrogens with zero attached hydrogens (tertiary/aromatic N) is 2. The molecule has 0 aliphatic carbocycles. The van der Waals surface area contributed by atoms with Gasteiger partial charge in [-0.15, -0.1) is 0 Å². The Morgan fingerprint density at radius 1 is 1.04 bits per heavy atom. The molecule has 136 valence electrons. The SMILES string of the molecule is O=C1COC2(CCN(Cc3cccc(F)c3)CC2)CN1c1ccccc1. The first-order chi connectivity index (χ1) is 12.6. The van der Waals surface area contributed by atoms with Crippen molar-refractivity contribution in [3.63, 3.8) is 0 Å². The average Bonchev–Trinajstić information content (AvgIpc) is 2.67. The summed E-state index contributed by atoms with van der Waals surface area (Å²) in [4.78, 5) is 16.5. The van der Waals surface area contributed by atoms with Gasteiger partial charge in [0.1, 0.15) is 12.4 Å². The van der Waals surface area contributed by atoms with Crippen LogP contribution in [0.15, 0.2) is 54.6 Å². The summed E-state index contributed by atoms with van der Waals surface area (Å²) in [6.45, 7) is 3.25. The summed E-state index contributed by atoms with van der Waals surface area (Å²) in [7, 11) is 0. The molecule has 0 atom stereocenters. The van der Waals surface area contributed by atoms with E-state index in [4.69, 9.17) is 4.74 Å². The average molecular weight is 354 g/mol. The van der Waals surface area contributed by atoms with E-state index in [-0.39, 0.29) is 23.9 Å². The van der Waals surface area contributed by atoms with Gasteiger partial charge in [0.2, 0.25) is 0 Å². The second-order valence-corrected chi connectivity index (χ2v) is 7.19. The molecule has 1 amide bonds. The van der Waals surface area contributed by atoms with Gasteiger partial charge in [0.15, 0.2) is 0 Å². The van der Waals surface area contributed by atoms with Crippen LogP contribution in [0.25, 0.3) is 0 Å². The molecule has 0 bridgehead atoms. The minimum atomic E-state index is -0.276. The van der Waals surface area contributed by atoms with E-state index >= 15 is 0 Å². The summed E-state index contributed by atoms with van der Waals surface area (Å²) in [6, 6.07) is 16.6.